The van der Waals surface area contributed by atoms with Crippen LogP contribution in [-0.4, -0.2) is 43.0 Å². The minimum atomic E-state index is -0.641. The molecule has 0 aliphatic heterocycles. The number of carbonyl (C=O) groups excluding carboxylic acids is 1. The number of amides is 1. The molecule has 0 fully saturated rings. The zero-order chi connectivity index (χ0) is 11.4. The molecule has 0 aromatic carbocycles. The van der Waals surface area contributed by atoms with E-state index in [1.54, 1.807) is 7.05 Å². The molecule has 0 radical (unpaired) electrons. The summed E-state index contributed by atoms with van der Waals surface area (Å²) in [4.78, 5) is 13.4. The third-order valence-electron chi connectivity index (χ3n) is 3.00. The standard InChI is InChI=1S/C10H23N3O/c1-6-8(2)13(5)7-10(3,12-4)9(11)14/h8,12H,6-7H2,1-5H3,(H2,11,14). The van der Waals surface area contributed by atoms with Gasteiger partial charge >= 0.3 is 0 Å². The SMILES string of the molecule is CCC(C)N(C)CC(C)(NC)C(N)=O. The molecule has 0 spiro atoms. The van der Waals surface area contributed by atoms with Crippen molar-refractivity contribution in [2.75, 3.05) is 20.6 Å². The first-order chi connectivity index (χ1) is 6.37. The third-order valence-corrected chi connectivity index (χ3v) is 3.00. The van der Waals surface area contributed by atoms with Gasteiger partial charge in [0.05, 0.1) is 0 Å². The van der Waals surface area contributed by atoms with Crippen LogP contribution in [0.25, 0.3) is 0 Å². The molecule has 0 aliphatic carbocycles. The van der Waals surface area contributed by atoms with Gasteiger partial charge in [-0.1, -0.05) is 6.92 Å². The Morgan fingerprint density at radius 3 is 2.43 bits per heavy atom. The fourth-order valence-corrected chi connectivity index (χ4v) is 1.25. The molecule has 0 heterocycles. The van der Waals surface area contributed by atoms with Crippen molar-refractivity contribution in [3.8, 4) is 0 Å². The Bertz CT molecular complexity index is 196. The molecule has 2 atom stereocenters. The molecule has 0 bridgehead atoms. The van der Waals surface area contributed by atoms with Crippen molar-refractivity contribution in [2.24, 2.45) is 5.73 Å². The monoisotopic (exact) mass is 201 g/mol. The molecule has 0 saturated heterocycles. The lowest BCUT2D eigenvalue weighted by molar-refractivity contribution is -0.124. The summed E-state index contributed by atoms with van der Waals surface area (Å²) in [6.45, 7) is 6.72. The highest BCUT2D eigenvalue weighted by atomic mass is 16.1. The quantitative estimate of drug-likeness (QED) is 0.644. The van der Waals surface area contributed by atoms with E-state index >= 15 is 0 Å². The van der Waals surface area contributed by atoms with Gasteiger partial charge < -0.3 is 16.0 Å². The smallest absolute Gasteiger partial charge is 0.238 e. The molecule has 4 heteroatoms. The predicted molar refractivity (Wildman–Crippen MR) is 59.0 cm³/mol. The Hall–Kier alpha value is -0.610. The molecule has 2 unspecified atom stereocenters. The highest BCUT2D eigenvalue weighted by molar-refractivity contribution is 5.84. The summed E-state index contributed by atoms with van der Waals surface area (Å²) in [6, 6.07) is 0.460. The van der Waals surface area contributed by atoms with Crippen molar-refractivity contribution in [1.82, 2.24) is 10.2 Å². The fraction of sp³-hybridized carbons (Fsp3) is 0.900. The maximum atomic E-state index is 11.2. The molecule has 4 nitrogen and oxygen atoms in total. The van der Waals surface area contributed by atoms with Crippen LogP contribution in [0.1, 0.15) is 27.2 Å². The van der Waals surface area contributed by atoms with Gasteiger partial charge in [-0.2, -0.15) is 0 Å². The first-order valence-corrected chi connectivity index (χ1v) is 5.06. The number of likely N-dealkylation sites (N-methyl/N-ethyl adjacent to an activating group) is 2. The lowest BCUT2D eigenvalue weighted by atomic mass is 10.0. The summed E-state index contributed by atoms with van der Waals surface area (Å²) in [6.07, 6.45) is 1.06. The number of primary amides is 1. The maximum Gasteiger partial charge on any atom is 0.238 e. The highest BCUT2D eigenvalue weighted by Gasteiger charge is 2.31. The van der Waals surface area contributed by atoms with Crippen LogP contribution >= 0.6 is 0 Å². The van der Waals surface area contributed by atoms with Crippen LogP contribution < -0.4 is 11.1 Å². The lowest BCUT2D eigenvalue weighted by Crippen LogP contribution is -2.58. The summed E-state index contributed by atoms with van der Waals surface area (Å²) in [5.41, 5.74) is 4.70. The van der Waals surface area contributed by atoms with Crippen molar-refractivity contribution in [3.05, 3.63) is 0 Å². The van der Waals surface area contributed by atoms with Crippen molar-refractivity contribution in [3.63, 3.8) is 0 Å². The zero-order valence-electron chi connectivity index (χ0n) is 9.92. The second-order valence-corrected chi connectivity index (χ2v) is 4.12. The number of hydrogen-bond donors (Lipinski definition) is 2. The van der Waals surface area contributed by atoms with Gasteiger partial charge in [-0.3, -0.25) is 4.79 Å². The molecule has 0 aliphatic rings. The molecular formula is C10H23N3O. The van der Waals surface area contributed by atoms with Crippen LogP contribution in [-0.2, 0) is 4.79 Å². The van der Waals surface area contributed by atoms with E-state index in [-0.39, 0.29) is 5.91 Å². The van der Waals surface area contributed by atoms with Crippen molar-refractivity contribution in [2.45, 2.75) is 38.8 Å². The highest BCUT2D eigenvalue weighted by Crippen LogP contribution is 2.08. The number of carbonyl (C=O) groups is 1. The van der Waals surface area contributed by atoms with Crippen LogP contribution in [0, 0.1) is 0 Å². The first kappa shape index (κ1) is 13.4. The molecule has 14 heavy (non-hydrogen) atoms. The third kappa shape index (κ3) is 3.27. The number of nitrogens with zero attached hydrogens (tertiary/aromatic N) is 1. The van der Waals surface area contributed by atoms with E-state index in [2.05, 4.69) is 24.1 Å². The van der Waals surface area contributed by atoms with E-state index in [1.807, 2.05) is 14.0 Å². The van der Waals surface area contributed by atoms with Gasteiger partial charge in [0.2, 0.25) is 5.91 Å². The second-order valence-electron chi connectivity index (χ2n) is 4.12. The van der Waals surface area contributed by atoms with Crippen LogP contribution in [0.5, 0.6) is 0 Å². The second kappa shape index (κ2) is 5.32. The van der Waals surface area contributed by atoms with Crippen LogP contribution in [0.2, 0.25) is 0 Å². The number of nitrogens with one attached hydrogen (secondary N) is 1. The summed E-state index contributed by atoms with van der Waals surface area (Å²) >= 11 is 0. The Labute approximate surface area is 86.8 Å². The summed E-state index contributed by atoms with van der Waals surface area (Å²) < 4.78 is 0. The van der Waals surface area contributed by atoms with E-state index in [0.717, 1.165) is 6.42 Å². The van der Waals surface area contributed by atoms with Gasteiger partial charge in [-0.25, -0.2) is 0 Å². The van der Waals surface area contributed by atoms with Gasteiger partial charge in [0.1, 0.15) is 5.54 Å². The lowest BCUT2D eigenvalue weighted by Gasteiger charge is -2.33. The van der Waals surface area contributed by atoms with Gasteiger partial charge in [-0.15, -0.1) is 0 Å². The molecule has 0 rings (SSSR count). The molecule has 0 saturated carbocycles. The predicted octanol–water partition coefficient (Wildman–Crippen LogP) is 0.180. The van der Waals surface area contributed by atoms with Crippen LogP contribution in [0.15, 0.2) is 0 Å². The van der Waals surface area contributed by atoms with E-state index in [1.165, 1.54) is 0 Å². The molecule has 0 aromatic rings. The van der Waals surface area contributed by atoms with Crippen LogP contribution in [0.3, 0.4) is 0 Å². The Morgan fingerprint density at radius 2 is 2.14 bits per heavy atom. The molecule has 1 amide bonds. The van der Waals surface area contributed by atoms with Gasteiger partial charge in [0, 0.05) is 12.6 Å². The molecule has 84 valence electrons. The van der Waals surface area contributed by atoms with E-state index < -0.39 is 5.54 Å². The Balaban J connectivity index is 4.39. The van der Waals surface area contributed by atoms with Gasteiger partial charge in [0.15, 0.2) is 0 Å². The summed E-state index contributed by atoms with van der Waals surface area (Å²) in [7, 11) is 3.77. The first-order valence-electron chi connectivity index (χ1n) is 5.06. The number of rotatable bonds is 6. The minimum absolute atomic E-state index is 0.310. The summed E-state index contributed by atoms with van der Waals surface area (Å²) in [5, 5.41) is 2.97. The number of nitrogens with two attached hydrogens (primary N) is 1. The van der Waals surface area contributed by atoms with Crippen molar-refractivity contribution < 1.29 is 4.79 Å². The minimum Gasteiger partial charge on any atom is -0.368 e. The van der Waals surface area contributed by atoms with Crippen LogP contribution in [0.4, 0.5) is 0 Å². The largest absolute Gasteiger partial charge is 0.368 e. The van der Waals surface area contributed by atoms with Gasteiger partial charge in [-0.05, 0) is 34.4 Å². The Morgan fingerprint density at radius 1 is 1.64 bits per heavy atom. The molecular weight excluding hydrogens is 178 g/mol. The zero-order valence-corrected chi connectivity index (χ0v) is 9.92. The number of hydrogen-bond acceptors (Lipinski definition) is 3. The maximum absolute atomic E-state index is 11.2. The average molecular weight is 201 g/mol. The van der Waals surface area contributed by atoms with E-state index in [4.69, 9.17) is 5.73 Å². The molecule has 3 N–H and O–H groups in total. The Kier molecular flexibility index (Phi) is 5.08. The fourth-order valence-electron chi connectivity index (χ4n) is 1.25. The van der Waals surface area contributed by atoms with E-state index in [9.17, 15) is 4.79 Å². The average Bonchev–Trinajstić information content (AvgIpc) is 2.15. The summed E-state index contributed by atoms with van der Waals surface area (Å²) in [5.74, 6) is -0.310. The topological polar surface area (TPSA) is 58.4 Å². The normalized spacial score (nSPS) is 17.9. The van der Waals surface area contributed by atoms with Crippen molar-refractivity contribution in [1.29, 1.82) is 0 Å². The molecule has 0 aromatic heterocycles. The van der Waals surface area contributed by atoms with Gasteiger partial charge in [0.25, 0.3) is 0 Å². The van der Waals surface area contributed by atoms with Crippen molar-refractivity contribution >= 4 is 5.91 Å². The van der Waals surface area contributed by atoms with E-state index in [0.29, 0.717) is 12.6 Å².